The predicted octanol–water partition coefficient (Wildman–Crippen LogP) is 3.87. The average molecular weight is 415 g/mol. The van der Waals surface area contributed by atoms with Crippen molar-refractivity contribution in [2.24, 2.45) is 0 Å². The van der Waals surface area contributed by atoms with Gasteiger partial charge in [-0.15, -0.1) is 0 Å². The lowest BCUT2D eigenvalue weighted by molar-refractivity contribution is 0.0982. The van der Waals surface area contributed by atoms with Crippen LogP contribution in [-0.2, 0) is 0 Å². The van der Waals surface area contributed by atoms with Crippen LogP contribution >= 0.6 is 0 Å². The molecule has 1 aliphatic heterocycles. The number of hydrogen-bond acceptors (Lipinski definition) is 4. The highest BCUT2D eigenvalue weighted by molar-refractivity contribution is 6.12. The lowest BCUT2D eigenvalue weighted by Gasteiger charge is -2.38. The number of halogens is 3. The van der Waals surface area contributed by atoms with Gasteiger partial charge in [0.1, 0.15) is 18.2 Å². The zero-order chi connectivity index (χ0) is 21.6. The fourth-order valence-corrected chi connectivity index (χ4v) is 3.49. The summed E-state index contributed by atoms with van der Waals surface area (Å²) in [5.41, 5.74) is 0.852. The summed E-state index contributed by atoms with van der Waals surface area (Å²) >= 11 is 0. The molecule has 2 heterocycles. The maximum Gasteiger partial charge on any atom is 0.262 e. The van der Waals surface area contributed by atoms with E-state index >= 15 is 0 Å². The van der Waals surface area contributed by atoms with Crippen LogP contribution in [0.5, 0.6) is 5.75 Å². The van der Waals surface area contributed by atoms with Crippen molar-refractivity contribution in [3.05, 3.63) is 81.5 Å². The molecule has 0 aliphatic carbocycles. The zero-order valence-corrected chi connectivity index (χ0v) is 16.0. The van der Waals surface area contributed by atoms with E-state index in [2.05, 4.69) is 4.98 Å². The largest absolute Gasteiger partial charge is 0.494 e. The Labute approximate surface area is 169 Å². The molecule has 30 heavy (non-hydrogen) atoms. The van der Waals surface area contributed by atoms with Gasteiger partial charge in [-0.05, 0) is 31.2 Å². The van der Waals surface area contributed by atoms with E-state index < -0.39 is 23.4 Å². The number of methoxy groups -OCH3 is 1. The standard InChI is InChI=1S/C21H16F3N3O3/c1-11-16(5-6-20(28)25-11)27-10-26(17-4-3-12(22)7-19(17)30-2)18-9-15(24)14(23)8-13(18)21(27)29/h3-9H,10H2,1-2H3,(H,25,28). The highest BCUT2D eigenvalue weighted by atomic mass is 19.2. The van der Waals surface area contributed by atoms with Crippen molar-refractivity contribution in [1.29, 1.82) is 0 Å². The molecule has 154 valence electrons. The van der Waals surface area contributed by atoms with Crippen LogP contribution in [0, 0.1) is 24.4 Å². The van der Waals surface area contributed by atoms with E-state index in [4.69, 9.17) is 4.74 Å². The molecule has 4 rings (SSSR count). The second kappa shape index (κ2) is 7.25. The Balaban J connectivity index is 1.94. The van der Waals surface area contributed by atoms with Crippen molar-refractivity contribution >= 4 is 23.0 Å². The number of hydrogen-bond donors (Lipinski definition) is 1. The molecule has 9 heteroatoms. The van der Waals surface area contributed by atoms with Crippen molar-refractivity contribution in [3.8, 4) is 5.75 Å². The number of H-pyrrole nitrogens is 1. The summed E-state index contributed by atoms with van der Waals surface area (Å²) in [6.45, 7) is 1.51. The number of nitrogens with zero attached hydrogens (tertiary/aromatic N) is 2. The highest BCUT2D eigenvalue weighted by Gasteiger charge is 2.34. The number of anilines is 3. The molecule has 3 aromatic rings. The predicted molar refractivity (Wildman–Crippen MR) is 105 cm³/mol. The minimum Gasteiger partial charge on any atom is -0.494 e. The molecule has 0 atom stereocenters. The highest BCUT2D eigenvalue weighted by Crippen LogP contribution is 2.41. The first-order valence-corrected chi connectivity index (χ1v) is 8.92. The minimum absolute atomic E-state index is 0.0860. The minimum atomic E-state index is -1.17. The summed E-state index contributed by atoms with van der Waals surface area (Å²) in [6, 6.07) is 8.25. The summed E-state index contributed by atoms with van der Waals surface area (Å²) in [4.78, 5) is 30.1. The van der Waals surface area contributed by atoms with Crippen LogP contribution in [-0.4, -0.2) is 24.7 Å². The first-order chi connectivity index (χ1) is 14.3. The number of aromatic nitrogens is 1. The van der Waals surface area contributed by atoms with Crippen molar-refractivity contribution in [2.45, 2.75) is 6.92 Å². The molecule has 0 unspecified atom stereocenters. The summed E-state index contributed by atoms with van der Waals surface area (Å²) in [5.74, 6) is -3.26. The fourth-order valence-electron chi connectivity index (χ4n) is 3.49. The van der Waals surface area contributed by atoms with Crippen molar-refractivity contribution in [1.82, 2.24) is 4.98 Å². The molecule has 1 N–H and O–H groups in total. The van der Waals surface area contributed by atoms with E-state index in [0.717, 1.165) is 18.2 Å². The van der Waals surface area contributed by atoms with Crippen LogP contribution < -0.4 is 20.1 Å². The van der Waals surface area contributed by atoms with Gasteiger partial charge in [0.2, 0.25) is 5.56 Å². The number of carbonyl (C=O) groups is 1. The van der Waals surface area contributed by atoms with E-state index in [1.54, 1.807) is 6.92 Å². The van der Waals surface area contributed by atoms with Crippen molar-refractivity contribution < 1.29 is 22.7 Å². The maximum absolute atomic E-state index is 14.0. The van der Waals surface area contributed by atoms with E-state index in [1.807, 2.05) is 0 Å². The second-order valence-electron chi connectivity index (χ2n) is 6.74. The summed E-state index contributed by atoms with van der Waals surface area (Å²) in [6.07, 6.45) is 0. The van der Waals surface area contributed by atoms with Crippen molar-refractivity contribution in [2.75, 3.05) is 23.6 Å². The van der Waals surface area contributed by atoms with E-state index in [1.165, 1.54) is 41.2 Å². The zero-order valence-electron chi connectivity index (χ0n) is 16.0. The first kappa shape index (κ1) is 19.6. The normalized spacial score (nSPS) is 13.4. The van der Waals surface area contributed by atoms with Crippen LogP contribution in [0.3, 0.4) is 0 Å². The Morgan fingerprint density at radius 1 is 0.900 bits per heavy atom. The molecule has 1 aliphatic rings. The van der Waals surface area contributed by atoms with Crippen LogP contribution in [0.2, 0.25) is 0 Å². The summed E-state index contributed by atoms with van der Waals surface area (Å²) < 4.78 is 47.0. The lowest BCUT2D eigenvalue weighted by Crippen LogP contribution is -2.45. The number of amides is 1. The molecule has 0 radical (unpaired) electrons. The lowest BCUT2D eigenvalue weighted by atomic mass is 10.1. The number of rotatable bonds is 3. The number of carbonyl (C=O) groups excluding carboxylic acids is 1. The van der Waals surface area contributed by atoms with E-state index in [0.29, 0.717) is 17.1 Å². The smallest absolute Gasteiger partial charge is 0.262 e. The van der Waals surface area contributed by atoms with Crippen LogP contribution in [0.4, 0.5) is 30.2 Å². The molecule has 0 bridgehead atoms. The van der Waals surface area contributed by atoms with Gasteiger partial charge in [-0.3, -0.25) is 14.5 Å². The SMILES string of the molecule is COc1cc(F)ccc1N1CN(c2ccc(=O)[nH]c2C)C(=O)c2cc(F)c(F)cc21. The van der Waals surface area contributed by atoms with Gasteiger partial charge in [-0.25, -0.2) is 13.2 Å². The Kier molecular flexibility index (Phi) is 4.73. The quantitative estimate of drug-likeness (QED) is 0.706. The number of nitrogens with one attached hydrogen (secondary N) is 1. The van der Waals surface area contributed by atoms with Gasteiger partial charge in [-0.2, -0.15) is 0 Å². The maximum atomic E-state index is 14.0. The van der Waals surface area contributed by atoms with Crippen LogP contribution in [0.25, 0.3) is 0 Å². The van der Waals surface area contributed by atoms with Gasteiger partial charge in [0.25, 0.3) is 5.91 Å². The molecule has 0 fully saturated rings. The van der Waals surface area contributed by atoms with Gasteiger partial charge in [-0.1, -0.05) is 0 Å². The summed E-state index contributed by atoms with van der Waals surface area (Å²) in [7, 11) is 1.35. The van der Waals surface area contributed by atoms with Crippen molar-refractivity contribution in [3.63, 3.8) is 0 Å². The second-order valence-corrected chi connectivity index (χ2v) is 6.74. The van der Waals surface area contributed by atoms with Crippen LogP contribution in [0.15, 0.2) is 47.3 Å². The fraction of sp³-hybridized carbons (Fsp3) is 0.143. The molecular weight excluding hydrogens is 399 g/mol. The monoisotopic (exact) mass is 415 g/mol. The number of ether oxygens (including phenoxy) is 1. The number of fused-ring (bicyclic) bond motifs is 1. The Bertz CT molecular complexity index is 1230. The molecular formula is C21H16F3N3O3. The number of aryl methyl sites for hydroxylation is 1. The Morgan fingerprint density at radius 3 is 2.30 bits per heavy atom. The molecule has 1 amide bonds. The Hall–Kier alpha value is -3.75. The third kappa shape index (κ3) is 3.18. The molecule has 1 aromatic heterocycles. The number of aromatic amines is 1. The van der Waals surface area contributed by atoms with Gasteiger partial charge in [0.15, 0.2) is 11.6 Å². The number of pyridine rings is 1. The third-order valence-electron chi connectivity index (χ3n) is 4.90. The van der Waals surface area contributed by atoms with Gasteiger partial charge >= 0.3 is 0 Å². The molecule has 2 aromatic carbocycles. The molecule has 0 saturated carbocycles. The van der Waals surface area contributed by atoms with Gasteiger partial charge in [0, 0.05) is 23.9 Å². The van der Waals surface area contributed by atoms with Gasteiger partial charge < -0.3 is 14.6 Å². The first-order valence-electron chi connectivity index (χ1n) is 8.92. The third-order valence-corrected chi connectivity index (χ3v) is 4.90. The molecule has 6 nitrogen and oxygen atoms in total. The number of benzene rings is 2. The molecule has 0 spiro atoms. The Morgan fingerprint density at radius 2 is 1.60 bits per heavy atom. The average Bonchev–Trinajstić information content (AvgIpc) is 2.71. The van der Waals surface area contributed by atoms with E-state index in [9.17, 15) is 22.8 Å². The molecule has 0 saturated heterocycles. The van der Waals surface area contributed by atoms with Crippen LogP contribution in [0.1, 0.15) is 16.1 Å². The summed E-state index contributed by atoms with van der Waals surface area (Å²) in [5, 5.41) is 0. The van der Waals surface area contributed by atoms with E-state index in [-0.39, 0.29) is 29.2 Å². The van der Waals surface area contributed by atoms with Gasteiger partial charge in [0.05, 0.1) is 29.7 Å². The topological polar surface area (TPSA) is 65.6 Å².